The van der Waals surface area contributed by atoms with Gasteiger partial charge in [0.25, 0.3) is 0 Å². The van der Waals surface area contributed by atoms with Crippen LogP contribution < -0.4 is 19.7 Å². The number of ether oxygens (including phenoxy) is 2. The van der Waals surface area contributed by atoms with Crippen LogP contribution in [0.25, 0.3) is 0 Å². The Bertz CT molecular complexity index is 530. The van der Waals surface area contributed by atoms with Gasteiger partial charge in [-0.2, -0.15) is 0 Å². The topological polar surface area (TPSA) is 67.9 Å². The number of nitrogens with one attached hydrogen (secondary N) is 1. The highest BCUT2D eigenvalue weighted by molar-refractivity contribution is 6.00. The molecule has 108 valence electrons. The second-order valence-corrected chi connectivity index (χ2v) is 4.56. The van der Waals surface area contributed by atoms with E-state index in [9.17, 15) is 9.59 Å². The molecule has 1 saturated heterocycles. The molecule has 6 nitrogen and oxygen atoms in total. The molecule has 1 heterocycles. The average Bonchev–Trinajstić information content (AvgIpc) is 2.87. The molecule has 1 N–H and O–H groups in total. The maximum Gasteiger partial charge on any atom is 0.227 e. The molecule has 0 aromatic heterocycles. The minimum absolute atomic E-state index is 0.0641. The van der Waals surface area contributed by atoms with Gasteiger partial charge in [0, 0.05) is 31.8 Å². The molecule has 1 aromatic rings. The standard InChI is InChI=1S/C14H18N2O4/c1-15-14(18)9-6-13(17)16(8-9)10-4-5-11(19-2)12(7-10)20-3/h4-5,7,9H,6,8H2,1-3H3,(H,15,18)/t9-/m1/s1. The normalized spacial score (nSPS) is 18.1. The lowest BCUT2D eigenvalue weighted by molar-refractivity contribution is -0.125. The summed E-state index contributed by atoms with van der Waals surface area (Å²) >= 11 is 0. The van der Waals surface area contributed by atoms with Gasteiger partial charge in [-0.15, -0.1) is 0 Å². The van der Waals surface area contributed by atoms with E-state index < -0.39 is 0 Å². The average molecular weight is 278 g/mol. The number of anilines is 1. The van der Waals surface area contributed by atoms with Crippen LogP contribution in [0.4, 0.5) is 5.69 Å². The minimum atomic E-state index is -0.305. The molecule has 1 fully saturated rings. The van der Waals surface area contributed by atoms with Crippen molar-refractivity contribution in [3.63, 3.8) is 0 Å². The highest BCUT2D eigenvalue weighted by Crippen LogP contribution is 2.34. The molecule has 0 aliphatic carbocycles. The van der Waals surface area contributed by atoms with Crippen molar-refractivity contribution in [3.05, 3.63) is 18.2 Å². The number of amides is 2. The Morgan fingerprint density at radius 3 is 2.60 bits per heavy atom. The molecule has 1 atom stereocenters. The lowest BCUT2D eigenvalue weighted by Gasteiger charge is -2.18. The SMILES string of the molecule is CNC(=O)[C@@H]1CC(=O)N(c2ccc(OC)c(OC)c2)C1. The Morgan fingerprint density at radius 2 is 2.00 bits per heavy atom. The van der Waals surface area contributed by atoms with Gasteiger partial charge in [-0.1, -0.05) is 0 Å². The number of nitrogens with zero attached hydrogens (tertiary/aromatic N) is 1. The van der Waals surface area contributed by atoms with Crippen molar-refractivity contribution in [1.82, 2.24) is 5.32 Å². The first kappa shape index (κ1) is 14.2. The zero-order valence-corrected chi connectivity index (χ0v) is 11.8. The van der Waals surface area contributed by atoms with Crippen molar-refractivity contribution in [1.29, 1.82) is 0 Å². The predicted octanol–water partition coefficient (Wildman–Crippen LogP) is 0.803. The Labute approximate surface area is 117 Å². The fraction of sp³-hybridized carbons (Fsp3) is 0.429. The van der Waals surface area contributed by atoms with E-state index in [0.29, 0.717) is 23.7 Å². The number of rotatable bonds is 4. The first-order valence-corrected chi connectivity index (χ1v) is 6.34. The maximum atomic E-state index is 12.0. The summed E-state index contributed by atoms with van der Waals surface area (Å²) in [5, 5.41) is 2.58. The van der Waals surface area contributed by atoms with Gasteiger partial charge in [-0.3, -0.25) is 9.59 Å². The summed E-state index contributed by atoms with van der Waals surface area (Å²) in [6, 6.07) is 5.27. The molecule has 0 spiro atoms. The predicted molar refractivity (Wildman–Crippen MR) is 74.1 cm³/mol. The van der Waals surface area contributed by atoms with Crippen LogP contribution in [0.3, 0.4) is 0 Å². The van der Waals surface area contributed by atoms with Gasteiger partial charge in [0.05, 0.1) is 20.1 Å². The lowest BCUT2D eigenvalue weighted by atomic mass is 10.1. The quantitative estimate of drug-likeness (QED) is 0.884. The molecule has 6 heteroatoms. The van der Waals surface area contributed by atoms with E-state index in [1.54, 1.807) is 44.4 Å². The van der Waals surface area contributed by atoms with Crippen molar-refractivity contribution in [2.45, 2.75) is 6.42 Å². The van der Waals surface area contributed by atoms with Gasteiger partial charge in [-0.25, -0.2) is 0 Å². The molecule has 0 saturated carbocycles. The van der Waals surface area contributed by atoms with Crippen molar-refractivity contribution in [3.8, 4) is 11.5 Å². The zero-order chi connectivity index (χ0) is 14.7. The third-order valence-electron chi connectivity index (χ3n) is 3.42. The molecule has 1 aliphatic rings. The summed E-state index contributed by atoms with van der Waals surface area (Å²) < 4.78 is 10.4. The molecular weight excluding hydrogens is 260 g/mol. The van der Waals surface area contributed by atoms with Gasteiger partial charge in [0.1, 0.15) is 0 Å². The van der Waals surface area contributed by atoms with Crippen molar-refractivity contribution in [2.75, 3.05) is 32.7 Å². The van der Waals surface area contributed by atoms with Gasteiger partial charge in [0.15, 0.2) is 11.5 Å². The summed E-state index contributed by atoms with van der Waals surface area (Å²) in [7, 11) is 4.67. The first-order valence-electron chi connectivity index (χ1n) is 6.34. The van der Waals surface area contributed by atoms with Crippen LogP contribution in [0, 0.1) is 5.92 Å². The van der Waals surface area contributed by atoms with E-state index in [-0.39, 0.29) is 24.2 Å². The van der Waals surface area contributed by atoms with E-state index in [2.05, 4.69) is 5.32 Å². The number of carbonyl (C=O) groups excluding carboxylic acids is 2. The Balaban J connectivity index is 2.24. The van der Waals surface area contributed by atoms with E-state index in [4.69, 9.17) is 9.47 Å². The van der Waals surface area contributed by atoms with Crippen LogP contribution in [-0.2, 0) is 9.59 Å². The molecular formula is C14H18N2O4. The van der Waals surface area contributed by atoms with Crippen LogP contribution in [-0.4, -0.2) is 39.6 Å². The summed E-state index contributed by atoms with van der Waals surface area (Å²) in [4.78, 5) is 25.3. The Kier molecular flexibility index (Phi) is 4.12. The van der Waals surface area contributed by atoms with Crippen molar-refractivity contribution >= 4 is 17.5 Å². The summed E-state index contributed by atoms with van der Waals surface area (Å²) in [5.74, 6) is 0.680. The maximum absolute atomic E-state index is 12.0. The second kappa shape index (κ2) is 5.81. The first-order chi connectivity index (χ1) is 9.60. The molecule has 1 aliphatic heterocycles. The molecule has 0 bridgehead atoms. The lowest BCUT2D eigenvalue weighted by Crippen LogP contribution is -2.30. The number of hydrogen-bond donors (Lipinski definition) is 1. The highest BCUT2D eigenvalue weighted by Gasteiger charge is 2.34. The summed E-state index contributed by atoms with van der Waals surface area (Å²) in [6.07, 6.45) is 0.230. The molecule has 1 aromatic carbocycles. The minimum Gasteiger partial charge on any atom is -0.493 e. The third-order valence-corrected chi connectivity index (χ3v) is 3.42. The van der Waals surface area contributed by atoms with Crippen molar-refractivity contribution < 1.29 is 19.1 Å². The van der Waals surface area contributed by atoms with E-state index in [1.165, 1.54) is 0 Å². The van der Waals surface area contributed by atoms with Gasteiger partial charge in [-0.05, 0) is 12.1 Å². The van der Waals surface area contributed by atoms with E-state index in [1.807, 2.05) is 0 Å². The van der Waals surface area contributed by atoms with Crippen LogP contribution >= 0.6 is 0 Å². The van der Waals surface area contributed by atoms with Crippen LogP contribution in [0.15, 0.2) is 18.2 Å². The van der Waals surface area contributed by atoms with Gasteiger partial charge >= 0.3 is 0 Å². The van der Waals surface area contributed by atoms with E-state index >= 15 is 0 Å². The van der Waals surface area contributed by atoms with Crippen LogP contribution in [0.2, 0.25) is 0 Å². The number of hydrogen-bond acceptors (Lipinski definition) is 4. The third kappa shape index (κ3) is 2.54. The number of methoxy groups -OCH3 is 2. The molecule has 0 radical (unpaired) electrons. The molecule has 2 rings (SSSR count). The Hall–Kier alpha value is -2.24. The summed E-state index contributed by atoms with van der Waals surface area (Å²) in [5.41, 5.74) is 0.707. The second-order valence-electron chi connectivity index (χ2n) is 4.56. The monoisotopic (exact) mass is 278 g/mol. The zero-order valence-electron chi connectivity index (χ0n) is 11.8. The van der Waals surface area contributed by atoms with Gasteiger partial charge < -0.3 is 19.7 Å². The number of carbonyl (C=O) groups is 2. The fourth-order valence-electron chi connectivity index (χ4n) is 2.33. The number of benzene rings is 1. The van der Waals surface area contributed by atoms with Gasteiger partial charge in [0.2, 0.25) is 11.8 Å². The summed E-state index contributed by atoms with van der Waals surface area (Å²) in [6.45, 7) is 0.383. The molecule has 20 heavy (non-hydrogen) atoms. The van der Waals surface area contributed by atoms with E-state index in [0.717, 1.165) is 0 Å². The van der Waals surface area contributed by atoms with Crippen LogP contribution in [0.1, 0.15) is 6.42 Å². The van der Waals surface area contributed by atoms with Crippen molar-refractivity contribution in [2.24, 2.45) is 5.92 Å². The Morgan fingerprint density at radius 1 is 1.30 bits per heavy atom. The largest absolute Gasteiger partial charge is 0.493 e. The molecule has 0 unspecified atom stereocenters. The smallest absolute Gasteiger partial charge is 0.227 e. The molecule has 2 amide bonds. The van der Waals surface area contributed by atoms with Crippen LogP contribution in [0.5, 0.6) is 11.5 Å². The fourth-order valence-corrected chi connectivity index (χ4v) is 2.33. The highest BCUT2D eigenvalue weighted by atomic mass is 16.5.